The maximum Gasteiger partial charge on any atom is 0.303 e. The van der Waals surface area contributed by atoms with Gasteiger partial charge in [0.05, 0.1) is 24.9 Å². The van der Waals surface area contributed by atoms with Crippen LogP contribution in [-0.4, -0.2) is 57.8 Å². The van der Waals surface area contributed by atoms with Crippen molar-refractivity contribution in [2.45, 2.75) is 70.4 Å². The number of carboxylic acids is 1. The van der Waals surface area contributed by atoms with Crippen molar-refractivity contribution in [2.75, 3.05) is 18.9 Å². The summed E-state index contributed by atoms with van der Waals surface area (Å²) in [6, 6.07) is 24.4. The molecular formula is C34H42N2O7. The van der Waals surface area contributed by atoms with Crippen LogP contribution in [0.4, 0.5) is 5.69 Å². The Labute approximate surface area is 253 Å². The van der Waals surface area contributed by atoms with E-state index in [-0.39, 0.29) is 55.9 Å². The fourth-order valence-corrected chi connectivity index (χ4v) is 5.30. The Bertz CT molecular complexity index is 1320. The highest BCUT2D eigenvalue weighted by molar-refractivity contribution is 5.90. The Morgan fingerprint density at radius 1 is 0.930 bits per heavy atom. The summed E-state index contributed by atoms with van der Waals surface area (Å²) < 4.78 is 13.1. The zero-order chi connectivity index (χ0) is 30.9. The molecule has 6 atom stereocenters. The van der Waals surface area contributed by atoms with E-state index in [0.717, 1.165) is 22.3 Å². The van der Waals surface area contributed by atoms with Crippen molar-refractivity contribution in [3.8, 4) is 0 Å². The molecule has 0 unspecified atom stereocenters. The van der Waals surface area contributed by atoms with Crippen LogP contribution in [0, 0.1) is 5.92 Å². The number of nitrogens with zero attached hydrogens (tertiary/aromatic N) is 1. The molecule has 3 aromatic carbocycles. The second-order valence-corrected chi connectivity index (χ2v) is 11.3. The molecule has 1 heterocycles. The number of aliphatic hydroxyl groups excluding tert-OH is 2. The molecule has 9 nitrogen and oxygen atoms in total. The summed E-state index contributed by atoms with van der Waals surface area (Å²) in [5, 5.41) is 32.2. The number of hydrogen-bond acceptors (Lipinski definition) is 7. The van der Waals surface area contributed by atoms with Crippen LogP contribution in [-0.2, 0) is 25.7 Å². The van der Waals surface area contributed by atoms with Crippen LogP contribution in [0.25, 0.3) is 0 Å². The lowest BCUT2D eigenvalue weighted by molar-refractivity contribution is -0.276. The van der Waals surface area contributed by atoms with Gasteiger partial charge in [0.1, 0.15) is 0 Å². The van der Waals surface area contributed by atoms with Crippen molar-refractivity contribution in [2.24, 2.45) is 5.92 Å². The Hall–Kier alpha value is -3.60. The normalized spacial score (nSPS) is 21.7. The van der Waals surface area contributed by atoms with Crippen LogP contribution in [0.1, 0.15) is 73.9 Å². The minimum atomic E-state index is -0.923. The topological polar surface area (TPSA) is 129 Å². The van der Waals surface area contributed by atoms with Crippen LogP contribution < -0.4 is 5.32 Å². The molecule has 1 fully saturated rings. The standard InChI is InChI=1S/C34H42N2O7/c1-22-29(20-36(3)23(2)32(41)25-8-5-4-6-9-25)42-34(43-33(22)26-14-12-24(21-37)13-15-26)27-16-18-28(19-17-27)35-30(38)10-7-11-31(39)40/h4-6,8-9,12-19,22-23,29,32-34,37,41H,7,10-11,20-21H2,1-3H3,(H,35,38)(H,39,40)/t22-,23+,29+,32+,33+,34+/m0/s1. The fraction of sp³-hybridized carbons (Fsp3) is 0.412. The molecule has 0 aromatic heterocycles. The van der Waals surface area contributed by atoms with Gasteiger partial charge < -0.3 is 30.1 Å². The molecule has 9 heteroatoms. The first-order valence-corrected chi connectivity index (χ1v) is 14.7. The van der Waals surface area contributed by atoms with Crippen LogP contribution in [0.3, 0.4) is 0 Å². The first kappa shape index (κ1) is 32.3. The predicted octanol–water partition coefficient (Wildman–Crippen LogP) is 5.22. The van der Waals surface area contributed by atoms with Gasteiger partial charge >= 0.3 is 5.97 Å². The van der Waals surface area contributed by atoms with Gasteiger partial charge in [-0.2, -0.15) is 0 Å². The number of carbonyl (C=O) groups excluding carboxylic acids is 1. The predicted molar refractivity (Wildman–Crippen MR) is 163 cm³/mol. The molecule has 1 aliphatic rings. The summed E-state index contributed by atoms with van der Waals surface area (Å²) >= 11 is 0. The number of carboxylic acid groups (broad SMARTS) is 1. The Balaban J connectivity index is 1.50. The van der Waals surface area contributed by atoms with Gasteiger partial charge in [0.15, 0.2) is 6.29 Å². The lowest BCUT2D eigenvalue weighted by Crippen LogP contribution is -2.46. The molecule has 4 N–H and O–H groups in total. The van der Waals surface area contributed by atoms with Gasteiger partial charge in [-0.1, -0.05) is 73.7 Å². The fourth-order valence-electron chi connectivity index (χ4n) is 5.30. The van der Waals surface area contributed by atoms with Gasteiger partial charge in [-0.15, -0.1) is 0 Å². The number of hydrogen-bond donors (Lipinski definition) is 4. The Kier molecular flexibility index (Phi) is 11.4. The number of carbonyl (C=O) groups is 2. The van der Waals surface area contributed by atoms with Crippen molar-refractivity contribution in [3.05, 3.63) is 101 Å². The lowest BCUT2D eigenvalue weighted by Gasteiger charge is -2.43. The Morgan fingerprint density at radius 3 is 2.21 bits per heavy atom. The molecule has 1 saturated heterocycles. The zero-order valence-electron chi connectivity index (χ0n) is 24.9. The monoisotopic (exact) mass is 590 g/mol. The van der Waals surface area contributed by atoms with Crippen LogP contribution in [0.5, 0.6) is 0 Å². The molecule has 1 aliphatic heterocycles. The number of amides is 1. The van der Waals surface area contributed by atoms with E-state index < -0.39 is 18.4 Å². The molecule has 230 valence electrons. The first-order valence-electron chi connectivity index (χ1n) is 14.7. The van der Waals surface area contributed by atoms with E-state index >= 15 is 0 Å². The van der Waals surface area contributed by atoms with Crippen molar-refractivity contribution in [1.82, 2.24) is 4.90 Å². The number of benzene rings is 3. The van der Waals surface area contributed by atoms with Crippen molar-refractivity contribution >= 4 is 17.6 Å². The molecule has 1 amide bonds. The molecule has 0 bridgehead atoms. The number of aliphatic hydroxyl groups is 2. The average molecular weight is 591 g/mol. The van der Waals surface area contributed by atoms with Gasteiger partial charge in [0.2, 0.25) is 5.91 Å². The molecule has 43 heavy (non-hydrogen) atoms. The van der Waals surface area contributed by atoms with E-state index in [9.17, 15) is 19.8 Å². The molecule has 3 aromatic rings. The molecule has 0 saturated carbocycles. The van der Waals surface area contributed by atoms with Gasteiger partial charge in [-0.25, -0.2) is 0 Å². The number of likely N-dealkylation sites (N-methyl/N-ethyl adjacent to an activating group) is 1. The smallest absolute Gasteiger partial charge is 0.303 e. The third-order valence-corrected chi connectivity index (χ3v) is 8.15. The van der Waals surface area contributed by atoms with Gasteiger partial charge in [-0.3, -0.25) is 14.5 Å². The van der Waals surface area contributed by atoms with Crippen LogP contribution in [0.2, 0.25) is 0 Å². The summed E-state index contributed by atoms with van der Waals surface area (Å²) in [4.78, 5) is 25.0. The molecular weight excluding hydrogens is 548 g/mol. The van der Waals surface area contributed by atoms with Gasteiger partial charge in [-0.05, 0) is 49.2 Å². The third kappa shape index (κ3) is 8.72. The highest BCUT2D eigenvalue weighted by atomic mass is 16.7. The third-order valence-electron chi connectivity index (χ3n) is 8.15. The van der Waals surface area contributed by atoms with E-state index in [1.807, 2.05) is 80.7 Å². The first-order chi connectivity index (χ1) is 20.7. The minimum absolute atomic E-state index is 0.0240. The summed E-state index contributed by atoms with van der Waals surface area (Å²) in [5.74, 6) is -1.19. The van der Waals surface area contributed by atoms with Gasteiger partial charge in [0.25, 0.3) is 0 Å². The van der Waals surface area contributed by atoms with E-state index in [1.165, 1.54) is 0 Å². The molecule has 4 rings (SSSR count). The van der Waals surface area contributed by atoms with E-state index in [1.54, 1.807) is 12.1 Å². The summed E-state index contributed by atoms with van der Waals surface area (Å²) in [6.07, 6.45) is -1.50. The number of rotatable bonds is 13. The van der Waals surface area contributed by atoms with E-state index in [4.69, 9.17) is 14.6 Å². The molecule has 0 aliphatic carbocycles. The Morgan fingerprint density at radius 2 is 1.58 bits per heavy atom. The van der Waals surface area contributed by atoms with Crippen LogP contribution in [0.15, 0.2) is 78.9 Å². The highest BCUT2D eigenvalue weighted by Crippen LogP contribution is 2.42. The molecule has 0 spiro atoms. The number of nitrogens with one attached hydrogen (secondary N) is 1. The van der Waals surface area contributed by atoms with Gasteiger partial charge in [0, 0.05) is 42.6 Å². The van der Waals surface area contributed by atoms with E-state index in [0.29, 0.717) is 12.2 Å². The van der Waals surface area contributed by atoms with Crippen LogP contribution >= 0.6 is 0 Å². The highest BCUT2D eigenvalue weighted by Gasteiger charge is 2.39. The van der Waals surface area contributed by atoms with E-state index in [2.05, 4.69) is 17.1 Å². The second-order valence-electron chi connectivity index (χ2n) is 11.3. The lowest BCUT2D eigenvalue weighted by atomic mass is 9.89. The number of aliphatic carboxylic acids is 1. The second kappa shape index (κ2) is 15.2. The summed E-state index contributed by atoms with van der Waals surface area (Å²) in [7, 11) is 1.98. The summed E-state index contributed by atoms with van der Waals surface area (Å²) in [6.45, 7) is 4.62. The zero-order valence-corrected chi connectivity index (χ0v) is 24.9. The SMILES string of the molecule is C[C@H]1[C@@H](CN(C)[C@H](C)[C@@H](O)c2ccccc2)O[C@@H](c2ccc(NC(=O)CCCC(=O)O)cc2)O[C@H]1c1ccc(CO)cc1. The quantitative estimate of drug-likeness (QED) is 0.213. The number of ether oxygens (including phenoxy) is 2. The maximum atomic E-state index is 12.2. The largest absolute Gasteiger partial charge is 0.481 e. The van der Waals surface area contributed by atoms with Crippen molar-refractivity contribution < 1.29 is 34.4 Å². The molecule has 0 radical (unpaired) electrons. The van der Waals surface area contributed by atoms with Crippen molar-refractivity contribution in [3.63, 3.8) is 0 Å². The maximum absolute atomic E-state index is 12.2. The van der Waals surface area contributed by atoms with Crippen molar-refractivity contribution in [1.29, 1.82) is 0 Å². The average Bonchev–Trinajstić information content (AvgIpc) is 3.02. The minimum Gasteiger partial charge on any atom is -0.481 e. The summed E-state index contributed by atoms with van der Waals surface area (Å²) in [5.41, 5.74) is 4.05. The number of anilines is 1.